The highest BCUT2D eigenvalue weighted by Gasteiger charge is 2.34. The van der Waals surface area contributed by atoms with Crippen molar-refractivity contribution >= 4 is 36.2 Å². The molecule has 0 bridgehead atoms. The average Bonchev–Trinajstić information content (AvgIpc) is 3.22. The molecule has 4 rings (SSSR count). The van der Waals surface area contributed by atoms with Crippen molar-refractivity contribution in [3.8, 4) is 0 Å². The fourth-order valence-corrected chi connectivity index (χ4v) is 4.62. The van der Waals surface area contributed by atoms with Gasteiger partial charge in [0.05, 0.1) is 25.1 Å². The summed E-state index contributed by atoms with van der Waals surface area (Å²) >= 11 is 0. The molecule has 3 aromatic rings. The number of hydrogen-bond acceptors (Lipinski definition) is 6. The van der Waals surface area contributed by atoms with Gasteiger partial charge in [-0.15, -0.1) is 0 Å². The van der Waals surface area contributed by atoms with Crippen LogP contribution in [0.25, 0.3) is 6.08 Å². The van der Waals surface area contributed by atoms with E-state index < -0.39 is 11.9 Å². The van der Waals surface area contributed by atoms with Gasteiger partial charge in [0.1, 0.15) is 5.84 Å². The standard InChI is InChI=1S/C27H27N5O3/c1-15-9-6-7-12-19(15)21-18(13-17-11-8-10-16(2)20(17)24(21)33)14-32-26(30-4)22(25(28)29-3)23(31-32)27(34)35-5/h6-13,21H,4,14H2,1-3,5H3,(H2,28,29). The predicted octanol–water partition coefficient (Wildman–Crippen LogP) is 4.02. The van der Waals surface area contributed by atoms with E-state index in [1.807, 2.05) is 62.4 Å². The average molecular weight is 470 g/mol. The van der Waals surface area contributed by atoms with E-state index in [2.05, 4.69) is 21.8 Å². The number of allylic oxidation sites excluding steroid dienone is 1. The molecule has 0 saturated heterocycles. The Morgan fingerprint density at radius 2 is 1.89 bits per heavy atom. The number of benzene rings is 2. The van der Waals surface area contributed by atoms with E-state index >= 15 is 0 Å². The van der Waals surface area contributed by atoms with Gasteiger partial charge in [-0.05, 0) is 48.4 Å². The Kier molecular flexibility index (Phi) is 6.46. The third-order valence-electron chi connectivity index (χ3n) is 6.31. The van der Waals surface area contributed by atoms with Gasteiger partial charge in [0.2, 0.25) is 0 Å². The highest BCUT2D eigenvalue weighted by atomic mass is 16.5. The van der Waals surface area contributed by atoms with Gasteiger partial charge in [-0.3, -0.25) is 9.79 Å². The van der Waals surface area contributed by atoms with Crippen molar-refractivity contribution in [3.63, 3.8) is 0 Å². The molecule has 0 radical (unpaired) electrons. The molecule has 0 aliphatic heterocycles. The first kappa shape index (κ1) is 23.8. The first-order valence-electron chi connectivity index (χ1n) is 11.1. The van der Waals surface area contributed by atoms with E-state index in [-0.39, 0.29) is 35.2 Å². The van der Waals surface area contributed by atoms with Crippen LogP contribution < -0.4 is 5.73 Å². The molecule has 0 saturated carbocycles. The van der Waals surface area contributed by atoms with Gasteiger partial charge in [-0.2, -0.15) is 5.10 Å². The Labute approximate surface area is 203 Å². The number of Topliss-reactive ketones (excluding diaryl/α,β-unsaturated/α-hetero) is 1. The van der Waals surface area contributed by atoms with Gasteiger partial charge in [-0.25, -0.2) is 14.5 Å². The highest BCUT2D eigenvalue weighted by molar-refractivity contribution is 6.10. The number of ether oxygens (including phenoxy) is 1. The zero-order valence-corrected chi connectivity index (χ0v) is 20.2. The number of hydrogen-bond donors (Lipinski definition) is 1. The molecule has 1 atom stereocenters. The molecule has 1 aliphatic carbocycles. The minimum Gasteiger partial charge on any atom is -0.464 e. The van der Waals surface area contributed by atoms with Crippen molar-refractivity contribution in [3.05, 3.63) is 87.1 Å². The van der Waals surface area contributed by atoms with E-state index in [0.717, 1.165) is 27.8 Å². The monoisotopic (exact) mass is 469 g/mol. The molecule has 0 fully saturated rings. The summed E-state index contributed by atoms with van der Waals surface area (Å²) in [5.41, 5.74) is 11.5. The number of carbonyl (C=O) groups excluding carboxylic acids is 2. The van der Waals surface area contributed by atoms with Crippen molar-refractivity contribution in [2.75, 3.05) is 14.2 Å². The lowest BCUT2D eigenvalue weighted by Gasteiger charge is -2.28. The van der Waals surface area contributed by atoms with Crippen LogP contribution in [0.15, 0.2) is 58.0 Å². The Balaban J connectivity index is 1.93. The second-order valence-corrected chi connectivity index (χ2v) is 8.38. The second kappa shape index (κ2) is 9.50. The van der Waals surface area contributed by atoms with Gasteiger partial charge in [0.25, 0.3) is 0 Å². The summed E-state index contributed by atoms with van der Waals surface area (Å²) in [5, 5.41) is 4.46. The third-order valence-corrected chi connectivity index (χ3v) is 6.31. The van der Waals surface area contributed by atoms with Crippen molar-refractivity contribution in [1.82, 2.24) is 9.78 Å². The van der Waals surface area contributed by atoms with Gasteiger partial charge in [0, 0.05) is 12.6 Å². The maximum absolute atomic E-state index is 13.9. The fourth-order valence-electron chi connectivity index (χ4n) is 4.62. The van der Waals surface area contributed by atoms with Crippen LogP contribution >= 0.6 is 0 Å². The zero-order valence-electron chi connectivity index (χ0n) is 20.2. The van der Waals surface area contributed by atoms with Crippen molar-refractivity contribution < 1.29 is 14.3 Å². The smallest absolute Gasteiger partial charge is 0.359 e. The molecule has 0 spiro atoms. The lowest BCUT2D eigenvalue weighted by Crippen LogP contribution is -2.24. The molecule has 2 N–H and O–H groups in total. The molecule has 0 amide bonds. The number of methoxy groups -OCH3 is 1. The van der Waals surface area contributed by atoms with Crippen LogP contribution in [0.3, 0.4) is 0 Å². The molecule has 8 nitrogen and oxygen atoms in total. The van der Waals surface area contributed by atoms with Crippen molar-refractivity contribution in [2.24, 2.45) is 15.7 Å². The van der Waals surface area contributed by atoms with Crippen LogP contribution in [0.2, 0.25) is 0 Å². The summed E-state index contributed by atoms with van der Waals surface area (Å²) in [6, 6.07) is 13.6. The van der Waals surface area contributed by atoms with Gasteiger partial charge < -0.3 is 10.5 Å². The minimum absolute atomic E-state index is 0.00979. The van der Waals surface area contributed by atoms with Crippen molar-refractivity contribution in [1.29, 1.82) is 0 Å². The molecule has 8 heteroatoms. The van der Waals surface area contributed by atoms with Crippen LogP contribution in [-0.4, -0.2) is 48.2 Å². The molecule has 1 heterocycles. The quantitative estimate of drug-likeness (QED) is 0.333. The number of aliphatic imine (C=N–C) groups is 2. The maximum Gasteiger partial charge on any atom is 0.359 e. The number of nitrogens with two attached hydrogens (primary N) is 1. The molecular weight excluding hydrogens is 442 g/mol. The van der Waals surface area contributed by atoms with E-state index in [9.17, 15) is 9.59 Å². The number of fused-ring (bicyclic) bond motifs is 1. The number of carbonyl (C=O) groups is 2. The first-order chi connectivity index (χ1) is 16.8. The molecule has 1 aliphatic rings. The van der Waals surface area contributed by atoms with Crippen LogP contribution in [-0.2, 0) is 11.3 Å². The number of rotatable bonds is 6. The minimum atomic E-state index is -0.666. The molecule has 178 valence electrons. The fraction of sp³-hybridized carbons (Fsp3) is 0.222. The molecular formula is C27H27N5O3. The Hall–Kier alpha value is -4.33. The lowest BCUT2D eigenvalue weighted by molar-refractivity contribution is 0.0592. The number of aryl methyl sites for hydroxylation is 2. The highest BCUT2D eigenvalue weighted by Crippen LogP contribution is 2.39. The zero-order chi connectivity index (χ0) is 25.3. The van der Waals surface area contributed by atoms with Crippen molar-refractivity contribution in [2.45, 2.75) is 26.3 Å². The van der Waals surface area contributed by atoms with Crippen LogP contribution in [0, 0.1) is 13.8 Å². The number of aromatic nitrogens is 2. The van der Waals surface area contributed by atoms with Crippen LogP contribution in [0.1, 0.15) is 54.6 Å². The molecule has 35 heavy (non-hydrogen) atoms. The topological polar surface area (TPSA) is 112 Å². The predicted molar refractivity (Wildman–Crippen MR) is 137 cm³/mol. The third kappa shape index (κ3) is 4.07. The van der Waals surface area contributed by atoms with Gasteiger partial charge in [0.15, 0.2) is 17.3 Å². The summed E-state index contributed by atoms with van der Waals surface area (Å²) in [7, 11) is 2.78. The van der Waals surface area contributed by atoms with E-state index in [0.29, 0.717) is 5.56 Å². The molecule has 1 unspecified atom stereocenters. The molecule has 2 aromatic carbocycles. The number of esters is 1. The summed E-state index contributed by atoms with van der Waals surface area (Å²) in [4.78, 5) is 34.5. The number of amidine groups is 1. The lowest BCUT2D eigenvalue weighted by atomic mass is 9.76. The molecule has 1 aromatic heterocycles. The SMILES string of the molecule is C=Nc1c(C(N)=NC)c(C(=O)OC)nn1CC1=Cc2cccc(C)c2C(=O)C1c1ccccc1C. The second-order valence-electron chi connectivity index (χ2n) is 8.38. The summed E-state index contributed by atoms with van der Waals surface area (Å²) < 4.78 is 6.43. The van der Waals surface area contributed by atoms with Gasteiger partial charge >= 0.3 is 5.97 Å². The van der Waals surface area contributed by atoms with Crippen LogP contribution in [0.5, 0.6) is 0 Å². The Morgan fingerprint density at radius 1 is 1.17 bits per heavy atom. The van der Waals surface area contributed by atoms with Crippen LogP contribution in [0.4, 0.5) is 5.82 Å². The number of nitrogens with zero attached hydrogens (tertiary/aromatic N) is 4. The largest absolute Gasteiger partial charge is 0.464 e. The maximum atomic E-state index is 13.9. The normalized spacial score (nSPS) is 15.4. The Morgan fingerprint density at radius 3 is 2.54 bits per heavy atom. The van der Waals surface area contributed by atoms with E-state index in [1.54, 1.807) is 0 Å². The summed E-state index contributed by atoms with van der Waals surface area (Å²) in [6.07, 6.45) is 2.02. The summed E-state index contributed by atoms with van der Waals surface area (Å²) in [6.45, 7) is 7.78. The number of ketones is 1. The summed E-state index contributed by atoms with van der Waals surface area (Å²) in [5.74, 6) is -0.799. The first-order valence-corrected chi connectivity index (χ1v) is 11.1. The Bertz CT molecular complexity index is 1410. The van der Waals surface area contributed by atoms with E-state index in [1.165, 1.54) is 18.8 Å². The van der Waals surface area contributed by atoms with E-state index in [4.69, 9.17) is 10.5 Å². The van der Waals surface area contributed by atoms with Gasteiger partial charge in [-0.1, -0.05) is 48.5 Å².